The summed E-state index contributed by atoms with van der Waals surface area (Å²) in [6.45, 7) is 8.48. The second-order valence-corrected chi connectivity index (χ2v) is 10.1. The van der Waals surface area contributed by atoms with Gasteiger partial charge in [0.1, 0.15) is 0 Å². The maximum Gasteiger partial charge on any atom is 0.349 e. The van der Waals surface area contributed by atoms with Crippen molar-refractivity contribution in [1.29, 1.82) is 0 Å². The molecule has 4 aliphatic rings. The predicted molar refractivity (Wildman–Crippen MR) is 110 cm³/mol. The second-order valence-electron chi connectivity index (χ2n) is 10.1. The van der Waals surface area contributed by atoms with Gasteiger partial charge in [-0.05, 0) is 38.2 Å². The number of carboxylic acid groups (broad SMARTS) is 1. The van der Waals surface area contributed by atoms with E-state index in [1.807, 2.05) is 6.08 Å². The fraction of sp³-hybridized carbons (Fsp3) is 0.625. The molecule has 0 spiro atoms. The van der Waals surface area contributed by atoms with Crippen molar-refractivity contribution in [3.05, 3.63) is 36.5 Å². The largest absolute Gasteiger partial charge is 0.478 e. The fourth-order valence-electron chi connectivity index (χ4n) is 7.35. The highest BCUT2D eigenvalue weighted by Gasteiger charge is 2.77. The number of hydrogen-bond acceptors (Lipinski definition) is 5. The third-order valence-corrected chi connectivity index (χ3v) is 8.89. The molecule has 4 aliphatic carbocycles. The number of fused-ring (bicyclic) bond motifs is 5. The summed E-state index contributed by atoms with van der Waals surface area (Å²) in [6.07, 6.45) is 4.84. The number of esters is 1. The standard InChI is InChI=1S/C24H29FO6/c1-5-19(28)31-24(20(29)30)13(2)10-17-16-7-6-14-11-15(26)8-9-21(14,3)23(16,25)18(27)12-22(17,24)4/h5-6,8-9,13,16-18,27H,1,7,10-12H2,2-4H3,(H,29,30)/t13-,16?,17?,18+,21+,22+,23+,24+/m1/s1. The lowest BCUT2D eigenvalue weighted by atomic mass is 9.45. The van der Waals surface area contributed by atoms with Crippen molar-refractivity contribution in [2.75, 3.05) is 0 Å². The molecule has 4 rings (SSSR count). The van der Waals surface area contributed by atoms with Crippen LogP contribution in [0.25, 0.3) is 0 Å². The molecule has 31 heavy (non-hydrogen) atoms. The van der Waals surface area contributed by atoms with E-state index in [0.717, 1.165) is 6.08 Å². The van der Waals surface area contributed by atoms with Crippen molar-refractivity contribution >= 4 is 17.7 Å². The molecule has 2 unspecified atom stereocenters. The lowest BCUT2D eigenvalue weighted by molar-refractivity contribution is -0.229. The Labute approximate surface area is 180 Å². The first-order chi connectivity index (χ1) is 14.4. The zero-order valence-corrected chi connectivity index (χ0v) is 18.1. The number of carboxylic acids is 1. The van der Waals surface area contributed by atoms with Gasteiger partial charge in [0.25, 0.3) is 0 Å². The number of carbonyl (C=O) groups is 3. The van der Waals surface area contributed by atoms with E-state index in [-0.39, 0.29) is 25.0 Å². The van der Waals surface area contributed by atoms with Gasteiger partial charge < -0.3 is 14.9 Å². The SMILES string of the molecule is C=CC(=O)O[C@]1(C(=O)O)[C@H](C)CC2C3CC=C4CC(=O)C=C[C@]4(C)[C@@]3(F)[C@@H](O)C[C@@]21C. The number of rotatable bonds is 3. The molecule has 2 fully saturated rings. The van der Waals surface area contributed by atoms with E-state index in [0.29, 0.717) is 12.0 Å². The first-order valence-corrected chi connectivity index (χ1v) is 10.8. The smallest absolute Gasteiger partial charge is 0.349 e. The summed E-state index contributed by atoms with van der Waals surface area (Å²) in [5, 5.41) is 21.5. The Morgan fingerprint density at radius 1 is 1.32 bits per heavy atom. The third-order valence-electron chi connectivity index (χ3n) is 8.89. The molecular formula is C24H29FO6. The van der Waals surface area contributed by atoms with Crippen LogP contribution in [-0.2, 0) is 19.1 Å². The Kier molecular flexibility index (Phi) is 4.68. The molecule has 0 radical (unpaired) electrons. The van der Waals surface area contributed by atoms with Crippen molar-refractivity contribution in [2.24, 2.45) is 28.6 Å². The first-order valence-electron chi connectivity index (χ1n) is 10.8. The molecule has 0 amide bonds. The number of hydrogen-bond donors (Lipinski definition) is 2. The van der Waals surface area contributed by atoms with Crippen LogP contribution in [0.2, 0.25) is 0 Å². The average molecular weight is 432 g/mol. The Bertz CT molecular complexity index is 938. The lowest BCUT2D eigenvalue weighted by Gasteiger charge is -2.61. The highest BCUT2D eigenvalue weighted by molar-refractivity contribution is 5.93. The summed E-state index contributed by atoms with van der Waals surface area (Å²) in [4.78, 5) is 36.7. The normalized spacial score (nSPS) is 48.2. The van der Waals surface area contributed by atoms with Gasteiger partial charge in [0.2, 0.25) is 5.60 Å². The number of ether oxygens (including phenoxy) is 1. The number of aliphatic carboxylic acids is 1. The molecule has 0 aromatic rings. The quantitative estimate of drug-likeness (QED) is 0.404. The van der Waals surface area contributed by atoms with E-state index in [2.05, 4.69) is 6.58 Å². The number of halogens is 1. The predicted octanol–water partition coefficient (Wildman–Crippen LogP) is 3.16. The van der Waals surface area contributed by atoms with Crippen LogP contribution in [0.5, 0.6) is 0 Å². The van der Waals surface area contributed by atoms with Gasteiger partial charge in [-0.3, -0.25) is 4.79 Å². The highest BCUT2D eigenvalue weighted by atomic mass is 19.1. The average Bonchev–Trinajstić information content (AvgIpc) is 2.91. The Balaban J connectivity index is 1.86. The minimum Gasteiger partial charge on any atom is -0.478 e. The van der Waals surface area contributed by atoms with Crippen molar-refractivity contribution in [1.82, 2.24) is 0 Å². The Hall–Kier alpha value is -2.28. The molecule has 0 aromatic heterocycles. The van der Waals surface area contributed by atoms with E-state index in [4.69, 9.17) is 4.74 Å². The topological polar surface area (TPSA) is 101 Å². The number of allylic oxidation sites excluding steroid dienone is 4. The molecule has 0 aromatic carbocycles. The highest BCUT2D eigenvalue weighted by Crippen LogP contribution is 2.70. The summed E-state index contributed by atoms with van der Waals surface area (Å²) >= 11 is 0. The van der Waals surface area contributed by atoms with Crippen LogP contribution >= 0.6 is 0 Å². The maximum absolute atomic E-state index is 17.1. The summed E-state index contributed by atoms with van der Waals surface area (Å²) in [7, 11) is 0. The van der Waals surface area contributed by atoms with Crippen molar-refractivity contribution in [3.8, 4) is 0 Å². The van der Waals surface area contributed by atoms with E-state index in [9.17, 15) is 24.6 Å². The van der Waals surface area contributed by atoms with Crippen LogP contribution in [0, 0.1) is 28.6 Å². The van der Waals surface area contributed by atoms with Crippen molar-refractivity contribution in [3.63, 3.8) is 0 Å². The van der Waals surface area contributed by atoms with Gasteiger partial charge in [-0.25, -0.2) is 14.0 Å². The lowest BCUT2D eigenvalue weighted by Crippen LogP contribution is -2.69. The zero-order chi connectivity index (χ0) is 23.0. The minimum atomic E-state index is -2.06. The Morgan fingerprint density at radius 3 is 2.61 bits per heavy atom. The summed E-state index contributed by atoms with van der Waals surface area (Å²) < 4.78 is 22.6. The van der Waals surface area contributed by atoms with Gasteiger partial charge in [-0.2, -0.15) is 0 Å². The molecule has 2 saturated carbocycles. The van der Waals surface area contributed by atoms with Gasteiger partial charge in [0, 0.05) is 35.2 Å². The molecule has 0 bridgehead atoms. The third kappa shape index (κ3) is 2.44. The van der Waals surface area contributed by atoms with Crippen LogP contribution in [0.15, 0.2) is 36.5 Å². The maximum atomic E-state index is 17.1. The van der Waals surface area contributed by atoms with Gasteiger partial charge in [0.15, 0.2) is 11.5 Å². The van der Waals surface area contributed by atoms with Crippen LogP contribution in [0.3, 0.4) is 0 Å². The molecule has 2 N–H and O–H groups in total. The van der Waals surface area contributed by atoms with Gasteiger partial charge in [-0.15, -0.1) is 0 Å². The van der Waals surface area contributed by atoms with E-state index >= 15 is 4.39 Å². The molecule has 8 atom stereocenters. The monoisotopic (exact) mass is 432 g/mol. The van der Waals surface area contributed by atoms with Crippen LogP contribution in [0.4, 0.5) is 4.39 Å². The number of alkyl halides is 1. The van der Waals surface area contributed by atoms with Gasteiger partial charge >= 0.3 is 11.9 Å². The Morgan fingerprint density at radius 2 is 2.00 bits per heavy atom. The molecular weight excluding hydrogens is 403 g/mol. The molecule has 0 saturated heterocycles. The van der Waals surface area contributed by atoms with Crippen molar-refractivity contribution < 1.29 is 33.7 Å². The molecule has 168 valence electrons. The molecule has 0 aliphatic heterocycles. The first kappa shape index (κ1) is 21.9. The van der Waals surface area contributed by atoms with Gasteiger partial charge in [0.05, 0.1) is 6.10 Å². The van der Waals surface area contributed by atoms with Crippen molar-refractivity contribution in [2.45, 2.75) is 63.8 Å². The molecule has 0 heterocycles. The summed E-state index contributed by atoms with van der Waals surface area (Å²) in [6, 6.07) is 0. The number of aliphatic hydroxyl groups is 1. The summed E-state index contributed by atoms with van der Waals surface area (Å²) in [5.74, 6) is -3.95. The van der Waals surface area contributed by atoms with Crippen LogP contribution in [0.1, 0.15) is 46.5 Å². The fourth-order valence-corrected chi connectivity index (χ4v) is 7.35. The zero-order valence-electron chi connectivity index (χ0n) is 18.1. The number of carbonyl (C=O) groups excluding carboxylic acids is 2. The minimum absolute atomic E-state index is 0.100. The van der Waals surface area contributed by atoms with E-state index in [1.165, 1.54) is 6.08 Å². The molecule has 6 nitrogen and oxygen atoms in total. The second kappa shape index (κ2) is 6.61. The van der Waals surface area contributed by atoms with E-state index < -0.39 is 57.9 Å². The molecule has 7 heteroatoms. The van der Waals surface area contributed by atoms with Crippen LogP contribution in [-0.4, -0.2) is 45.3 Å². The summed E-state index contributed by atoms with van der Waals surface area (Å²) in [5.41, 5.74) is -5.62. The van der Waals surface area contributed by atoms with Crippen LogP contribution < -0.4 is 0 Å². The van der Waals surface area contributed by atoms with Gasteiger partial charge in [-0.1, -0.05) is 38.2 Å². The van der Waals surface area contributed by atoms with E-state index in [1.54, 1.807) is 26.8 Å². The number of ketones is 1. The number of aliphatic hydroxyl groups excluding tert-OH is 1.